The first kappa shape index (κ1) is 54.0. The molecule has 6 aromatic rings. The molecule has 20 heteroatoms. The SMILES string of the molecule is COc1cc(O[C@@H]2CCOC2)cc2ncnc(Nc3ccc(CC(=O)CN(N)/C=C(\N)C(C)C)cc3)c12.COc1cc(O[C@H]2CCOC2)cc2ncnc(Nc3ccc(CC(=O)CN(N)/C=C(\N)C(C)C)cc3)c12. The van der Waals surface area contributed by atoms with E-state index in [0.717, 1.165) is 46.1 Å². The van der Waals surface area contributed by atoms with Crippen molar-refractivity contribution in [3.63, 3.8) is 0 Å². The molecule has 2 aromatic heterocycles. The third-order valence-corrected chi connectivity index (χ3v) is 12.1. The molecule has 392 valence electrons. The number of aromatic nitrogens is 4. The predicted molar refractivity (Wildman–Crippen MR) is 285 cm³/mol. The summed E-state index contributed by atoms with van der Waals surface area (Å²) in [5.41, 5.74) is 17.9. The Balaban J connectivity index is 0.000000216. The van der Waals surface area contributed by atoms with Crippen LogP contribution in [0.1, 0.15) is 51.7 Å². The fourth-order valence-electron chi connectivity index (χ4n) is 7.94. The van der Waals surface area contributed by atoms with Gasteiger partial charge in [-0.3, -0.25) is 9.59 Å². The van der Waals surface area contributed by atoms with Gasteiger partial charge in [0.1, 0.15) is 59.5 Å². The van der Waals surface area contributed by atoms with Gasteiger partial charge in [0, 0.05) is 85.1 Å². The van der Waals surface area contributed by atoms with Crippen LogP contribution in [0.3, 0.4) is 0 Å². The Kier molecular flexibility index (Phi) is 18.8. The van der Waals surface area contributed by atoms with Gasteiger partial charge in [0.05, 0.1) is 75.5 Å². The summed E-state index contributed by atoms with van der Waals surface area (Å²) in [6, 6.07) is 22.6. The number of benzene rings is 4. The van der Waals surface area contributed by atoms with Crippen LogP contribution in [-0.4, -0.2) is 107 Å². The Bertz CT molecular complexity index is 2710. The first-order valence-corrected chi connectivity index (χ1v) is 24.5. The number of ketones is 2. The predicted octanol–water partition coefficient (Wildman–Crippen LogP) is 6.59. The molecule has 2 aliphatic rings. The number of fused-ring (bicyclic) bond motifs is 2. The second-order valence-corrected chi connectivity index (χ2v) is 18.7. The van der Waals surface area contributed by atoms with Gasteiger partial charge in [-0.05, 0) is 47.2 Å². The molecule has 4 heterocycles. The van der Waals surface area contributed by atoms with Crippen LogP contribution in [0.2, 0.25) is 0 Å². The van der Waals surface area contributed by atoms with Crippen molar-refractivity contribution in [1.82, 2.24) is 30.0 Å². The van der Waals surface area contributed by atoms with Crippen LogP contribution in [0.15, 0.2) is 109 Å². The van der Waals surface area contributed by atoms with E-state index in [0.29, 0.717) is 83.5 Å². The van der Waals surface area contributed by atoms with Gasteiger partial charge in [0.2, 0.25) is 0 Å². The fraction of sp³-hybridized carbons (Fsp3) is 0.370. The minimum atomic E-state index is -0.00950. The number of carbonyl (C=O) groups excluding carboxylic acids is 2. The van der Waals surface area contributed by atoms with Gasteiger partial charge >= 0.3 is 0 Å². The number of nitrogens with two attached hydrogens (primary N) is 4. The molecule has 20 nitrogen and oxygen atoms in total. The Morgan fingerprint density at radius 2 is 1.03 bits per heavy atom. The van der Waals surface area contributed by atoms with Crippen molar-refractivity contribution in [3.8, 4) is 23.0 Å². The zero-order chi connectivity index (χ0) is 52.7. The topological polar surface area (TPSA) is 276 Å². The van der Waals surface area contributed by atoms with E-state index < -0.39 is 0 Å². The Morgan fingerprint density at radius 3 is 1.36 bits per heavy atom. The molecule has 0 aliphatic carbocycles. The Hall–Kier alpha value is -7.78. The number of hydrazine groups is 2. The molecule has 2 atom stereocenters. The third-order valence-electron chi connectivity index (χ3n) is 12.1. The highest BCUT2D eigenvalue weighted by Crippen LogP contribution is 2.37. The number of nitrogens with zero attached hydrogens (tertiary/aromatic N) is 6. The number of anilines is 4. The molecular weight excluding hydrogens is 945 g/mol. The van der Waals surface area contributed by atoms with Gasteiger partial charge in [-0.2, -0.15) is 0 Å². The second-order valence-electron chi connectivity index (χ2n) is 18.7. The lowest BCUT2D eigenvalue weighted by Crippen LogP contribution is -2.33. The van der Waals surface area contributed by atoms with Crippen LogP contribution < -0.4 is 52.7 Å². The van der Waals surface area contributed by atoms with Gasteiger partial charge in [-0.1, -0.05) is 52.0 Å². The average molecular weight is 1010 g/mol. The Morgan fingerprint density at radius 1 is 0.635 bits per heavy atom. The lowest BCUT2D eigenvalue weighted by molar-refractivity contribution is -0.119. The Labute approximate surface area is 431 Å². The first-order valence-electron chi connectivity index (χ1n) is 24.5. The van der Waals surface area contributed by atoms with Crippen molar-refractivity contribution >= 4 is 56.4 Å². The van der Waals surface area contributed by atoms with Crippen LogP contribution in [-0.2, 0) is 31.9 Å². The summed E-state index contributed by atoms with van der Waals surface area (Å²) in [6.07, 6.45) is 8.49. The van der Waals surface area contributed by atoms with E-state index in [1.54, 1.807) is 26.6 Å². The summed E-state index contributed by atoms with van der Waals surface area (Å²) >= 11 is 0. The number of ether oxygens (including phenoxy) is 6. The number of carbonyl (C=O) groups is 2. The van der Waals surface area contributed by atoms with Crippen molar-refractivity contribution in [2.24, 2.45) is 35.0 Å². The molecule has 4 aromatic carbocycles. The molecule has 2 fully saturated rings. The van der Waals surface area contributed by atoms with Crippen molar-refractivity contribution in [3.05, 3.63) is 120 Å². The first-order chi connectivity index (χ1) is 35.6. The van der Waals surface area contributed by atoms with Crippen LogP contribution in [0.5, 0.6) is 23.0 Å². The van der Waals surface area contributed by atoms with E-state index in [4.69, 9.17) is 51.6 Å². The van der Waals surface area contributed by atoms with E-state index >= 15 is 0 Å². The molecule has 8 rings (SSSR count). The van der Waals surface area contributed by atoms with Crippen molar-refractivity contribution in [2.75, 3.05) is 64.4 Å². The van der Waals surface area contributed by atoms with Crippen LogP contribution in [0, 0.1) is 11.8 Å². The van der Waals surface area contributed by atoms with Crippen LogP contribution in [0.4, 0.5) is 23.0 Å². The standard InChI is InChI=1S/2C27H34N6O4/c2*1-17(2)23(28)14-33(29)13-20(34)10-18-4-6-19(7-5-18)32-27-26-24(30-16-31-27)11-22(12-25(26)35-3)37-21-8-9-36-15-21/h2*4-7,11-12,14,16-17,21H,8-10,13,15,28-29H2,1-3H3,(H,30,31,32)/b2*23-14-/t2*21-/m10/s1. The summed E-state index contributed by atoms with van der Waals surface area (Å²) in [6.45, 7) is 10.6. The number of nitrogens with one attached hydrogen (secondary N) is 2. The van der Waals surface area contributed by atoms with Crippen LogP contribution >= 0.6 is 0 Å². The number of methoxy groups -OCH3 is 2. The second kappa shape index (κ2) is 25.7. The summed E-state index contributed by atoms with van der Waals surface area (Å²) in [7, 11) is 3.21. The lowest BCUT2D eigenvalue weighted by atomic mass is 10.1. The smallest absolute Gasteiger partial charge is 0.158 e. The molecule has 0 bridgehead atoms. The van der Waals surface area contributed by atoms with Gasteiger partial charge < -0.3 is 60.5 Å². The van der Waals surface area contributed by atoms with Crippen molar-refractivity contribution in [2.45, 2.75) is 65.6 Å². The largest absolute Gasteiger partial charge is 0.496 e. The number of hydrogen-bond acceptors (Lipinski definition) is 20. The number of rotatable bonds is 22. The summed E-state index contributed by atoms with van der Waals surface area (Å²) in [5.74, 6) is 15.9. The van der Waals surface area contributed by atoms with Crippen molar-refractivity contribution < 1.29 is 38.0 Å². The number of allylic oxidation sites excluding steroid dienone is 2. The normalized spacial score (nSPS) is 15.7. The highest BCUT2D eigenvalue weighted by molar-refractivity contribution is 5.98. The van der Waals surface area contributed by atoms with E-state index in [-0.39, 0.29) is 61.5 Å². The zero-order valence-electron chi connectivity index (χ0n) is 42.9. The monoisotopic (exact) mass is 1010 g/mol. The fourth-order valence-corrected chi connectivity index (χ4v) is 7.94. The maximum Gasteiger partial charge on any atom is 0.158 e. The van der Waals surface area contributed by atoms with Gasteiger partial charge in [-0.15, -0.1) is 0 Å². The summed E-state index contributed by atoms with van der Waals surface area (Å²) in [5, 5.41) is 10.8. The maximum absolute atomic E-state index is 12.4. The molecule has 0 amide bonds. The molecular formula is C54H68N12O8. The highest BCUT2D eigenvalue weighted by Gasteiger charge is 2.22. The van der Waals surface area contributed by atoms with E-state index in [1.807, 2.05) is 100 Å². The van der Waals surface area contributed by atoms with Crippen molar-refractivity contribution in [1.29, 1.82) is 0 Å². The molecule has 10 N–H and O–H groups in total. The summed E-state index contributed by atoms with van der Waals surface area (Å²) < 4.78 is 34.2. The number of Topliss-reactive ketones (excluding diaryl/α,β-unsaturated/α-hetero) is 2. The van der Waals surface area contributed by atoms with Gasteiger partial charge in [-0.25, -0.2) is 31.6 Å². The van der Waals surface area contributed by atoms with Gasteiger partial charge in [0.15, 0.2) is 11.6 Å². The lowest BCUT2D eigenvalue weighted by Gasteiger charge is -2.16. The summed E-state index contributed by atoms with van der Waals surface area (Å²) in [4.78, 5) is 42.6. The minimum Gasteiger partial charge on any atom is -0.496 e. The maximum atomic E-state index is 12.4. The molecule has 0 spiro atoms. The zero-order valence-corrected chi connectivity index (χ0v) is 42.9. The molecule has 2 saturated heterocycles. The molecule has 0 saturated carbocycles. The number of hydrogen-bond donors (Lipinski definition) is 6. The average Bonchev–Trinajstić information content (AvgIpc) is 4.10. The van der Waals surface area contributed by atoms with Crippen LogP contribution in [0.25, 0.3) is 21.8 Å². The quantitative estimate of drug-likeness (QED) is 0.0309. The molecule has 0 radical (unpaired) electrons. The third kappa shape index (κ3) is 15.1. The van der Waals surface area contributed by atoms with E-state index in [1.165, 1.54) is 22.7 Å². The highest BCUT2D eigenvalue weighted by atomic mass is 16.6. The van der Waals surface area contributed by atoms with E-state index in [2.05, 4.69) is 30.6 Å². The molecule has 0 unspecified atom stereocenters. The molecule has 74 heavy (non-hydrogen) atoms. The minimum absolute atomic E-state index is 0.00950. The van der Waals surface area contributed by atoms with E-state index in [9.17, 15) is 9.59 Å². The molecule has 2 aliphatic heterocycles. The van der Waals surface area contributed by atoms with Gasteiger partial charge in [0.25, 0.3) is 0 Å².